The van der Waals surface area contributed by atoms with Gasteiger partial charge < -0.3 is 10.1 Å². The van der Waals surface area contributed by atoms with Crippen molar-refractivity contribution in [1.82, 2.24) is 0 Å². The molecule has 0 radical (unpaired) electrons. The molecule has 0 aliphatic rings. The van der Waals surface area contributed by atoms with Crippen molar-refractivity contribution in [3.8, 4) is 5.75 Å². The minimum Gasteiger partial charge on any atom is -0.495 e. The Morgan fingerprint density at radius 2 is 1.72 bits per heavy atom. The number of halogens is 3. The highest BCUT2D eigenvalue weighted by Gasteiger charge is 2.30. The maximum Gasteiger partial charge on any atom is 0.268 e. The van der Waals surface area contributed by atoms with Gasteiger partial charge in [0.25, 0.3) is 10.0 Å². The van der Waals surface area contributed by atoms with Crippen LogP contribution in [0.4, 0.5) is 20.2 Å². The van der Waals surface area contributed by atoms with Crippen LogP contribution in [0, 0.1) is 18.6 Å². The molecule has 0 heterocycles. The van der Waals surface area contributed by atoms with Gasteiger partial charge >= 0.3 is 0 Å². The lowest BCUT2D eigenvalue weighted by Crippen LogP contribution is -2.38. The van der Waals surface area contributed by atoms with Gasteiger partial charge in [0.15, 0.2) is 11.6 Å². The van der Waals surface area contributed by atoms with Gasteiger partial charge in [-0.2, -0.15) is 0 Å². The number of benzene rings is 3. The number of sulfonamides is 1. The third kappa shape index (κ3) is 5.17. The summed E-state index contributed by atoms with van der Waals surface area (Å²) in [5.41, 5.74) is 0.834. The van der Waals surface area contributed by atoms with Gasteiger partial charge in [-0.3, -0.25) is 9.10 Å². The average Bonchev–Trinajstić information content (AvgIpc) is 2.75. The highest BCUT2D eigenvalue weighted by atomic mass is 35.5. The maximum absolute atomic E-state index is 13.6. The van der Waals surface area contributed by atoms with Crippen LogP contribution in [0.1, 0.15) is 5.56 Å². The van der Waals surface area contributed by atoms with E-state index in [2.05, 4.69) is 5.32 Å². The summed E-state index contributed by atoms with van der Waals surface area (Å²) in [4.78, 5) is 12.5. The molecule has 0 aromatic heterocycles. The Labute approximate surface area is 189 Å². The zero-order chi connectivity index (χ0) is 23.5. The van der Waals surface area contributed by atoms with Crippen molar-refractivity contribution in [2.24, 2.45) is 0 Å². The highest BCUT2D eigenvalue weighted by Crippen LogP contribution is 2.31. The van der Waals surface area contributed by atoms with Gasteiger partial charge in [-0.15, -0.1) is 0 Å². The fourth-order valence-electron chi connectivity index (χ4n) is 2.93. The Bertz CT molecular complexity index is 1250. The molecule has 0 atom stereocenters. The van der Waals surface area contributed by atoms with Gasteiger partial charge in [0, 0.05) is 16.8 Å². The molecule has 0 fully saturated rings. The maximum atomic E-state index is 13.6. The van der Waals surface area contributed by atoms with Crippen LogP contribution < -0.4 is 14.4 Å². The first kappa shape index (κ1) is 23.5. The molecule has 0 saturated carbocycles. The van der Waals surface area contributed by atoms with E-state index in [1.54, 1.807) is 13.0 Å². The van der Waals surface area contributed by atoms with Crippen molar-refractivity contribution in [1.29, 1.82) is 0 Å². The van der Waals surface area contributed by atoms with Gasteiger partial charge in [0.2, 0.25) is 5.91 Å². The average molecular weight is 481 g/mol. The number of carbonyl (C=O) groups excluding carboxylic acids is 1. The third-order valence-corrected chi connectivity index (χ3v) is 6.54. The molecule has 10 heteroatoms. The predicted molar refractivity (Wildman–Crippen MR) is 119 cm³/mol. The molecule has 0 saturated heterocycles. The van der Waals surface area contributed by atoms with Crippen molar-refractivity contribution in [3.05, 3.63) is 82.9 Å². The smallest absolute Gasteiger partial charge is 0.268 e. The number of nitrogens with one attached hydrogen (secondary N) is 1. The van der Waals surface area contributed by atoms with Crippen LogP contribution >= 0.6 is 11.6 Å². The van der Waals surface area contributed by atoms with Crippen LogP contribution in [0.5, 0.6) is 5.75 Å². The van der Waals surface area contributed by atoms with Crippen LogP contribution in [0.3, 0.4) is 0 Å². The summed E-state index contributed by atoms with van der Waals surface area (Å²) >= 11 is 5.92. The first-order valence-electron chi connectivity index (χ1n) is 9.29. The van der Waals surface area contributed by atoms with Crippen molar-refractivity contribution < 1.29 is 26.7 Å². The fraction of sp³-hybridized carbons (Fsp3) is 0.136. The molecule has 168 valence electrons. The Kier molecular flexibility index (Phi) is 7.00. The third-order valence-electron chi connectivity index (χ3n) is 4.49. The van der Waals surface area contributed by atoms with Crippen molar-refractivity contribution in [2.75, 3.05) is 23.3 Å². The summed E-state index contributed by atoms with van der Waals surface area (Å²) in [6.07, 6.45) is 0. The second kappa shape index (κ2) is 9.54. The molecule has 0 spiro atoms. The van der Waals surface area contributed by atoms with Crippen molar-refractivity contribution in [2.45, 2.75) is 11.8 Å². The van der Waals surface area contributed by atoms with Crippen LogP contribution in [0.15, 0.2) is 65.6 Å². The van der Waals surface area contributed by atoms with Gasteiger partial charge in [-0.1, -0.05) is 17.7 Å². The predicted octanol–water partition coefficient (Wildman–Crippen LogP) is 4.77. The van der Waals surface area contributed by atoms with E-state index in [1.807, 2.05) is 0 Å². The number of carbonyl (C=O) groups is 1. The van der Waals surface area contributed by atoms with Crippen molar-refractivity contribution >= 4 is 38.9 Å². The number of hydrogen-bond donors (Lipinski definition) is 1. The Balaban J connectivity index is 2.00. The minimum atomic E-state index is -4.26. The zero-order valence-corrected chi connectivity index (χ0v) is 18.7. The number of ether oxygens (including phenoxy) is 1. The van der Waals surface area contributed by atoms with Crippen LogP contribution in [0.25, 0.3) is 0 Å². The summed E-state index contributed by atoms with van der Waals surface area (Å²) in [7, 11) is -2.92. The Hall–Kier alpha value is -3.17. The molecule has 3 rings (SSSR count). The Morgan fingerprint density at radius 1 is 1.03 bits per heavy atom. The molecule has 3 aromatic carbocycles. The summed E-state index contributed by atoms with van der Waals surface area (Å²) in [5.74, 6) is -2.87. The summed E-state index contributed by atoms with van der Waals surface area (Å²) in [6, 6.07) is 13.4. The second-order valence-corrected chi connectivity index (χ2v) is 9.09. The minimum absolute atomic E-state index is 0.0181. The molecule has 32 heavy (non-hydrogen) atoms. The largest absolute Gasteiger partial charge is 0.495 e. The highest BCUT2D eigenvalue weighted by molar-refractivity contribution is 7.93. The number of anilines is 2. The summed E-state index contributed by atoms with van der Waals surface area (Å²) < 4.78 is 59.8. The van der Waals surface area contributed by atoms with E-state index >= 15 is 0 Å². The van der Waals surface area contributed by atoms with E-state index in [1.165, 1.54) is 49.6 Å². The second-order valence-electron chi connectivity index (χ2n) is 6.82. The topological polar surface area (TPSA) is 75.7 Å². The van der Waals surface area contributed by atoms with Gasteiger partial charge in [-0.05, 0) is 61.0 Å². The van der Waals surface area contributed by atoms with E-state index < -0.39 is 34.1 Å². The standard InChI is InChI=1S/C22H19ClF2N2O4S/c1-14-3-10-20(31-2)21(11-14)32(29,30)27(17-7-4-15(23)5-8-17)13-22(28)26-16-6-9-18(24)19(25)12-16/h3-12H,13H2,1-2H3,(H,26,28). The number of nitrogens with zero attached hydrogens (tertiary/aromatic N) is 1. The lowest BCUT2D eigenvalue weighted by molar-refractivity contribution is -0.114. The first-order chi connectivity index (χ1) is 15.1. The molecule has 0 unspecified atom stereocenters. The van der Waals surface area contributed by atoms with E-state index in [9.17, 15) is 22.0 Å². The van der Waals surface area contributed by atoms with Crippen LogP contribution in [-0.2, 0) is 14.8 Å². The number of amides is 1. The van der Waals surface area contributed by atoms with Gasteiger partial charge in [0.05, 0.1) is 12.8 Å². The zero-order valence-electron chi connectivity index (χ0n) is 17.1. The molecule has 1 amide bonds. The Morgan fingerprint density at radius 3 is 2.34 bits per heavy atom. The van der Waals surface area contributed by atoms with Gasteiger partial charge in [-0.25, -0.2) is 17.2 Å². The van der Waals surface area contributed by atoms with Crippen LogP contribution in [-0.4, -0.2) is 28.0 Å². The first-order valence-corrected chi connectivity index (χ1v) is 11.1. The van der Waals surface area contributed by atoms with E-state index in [0.717, 1.165) is 16.4 Å². The molecule has 0 aliphatic heterocycles. The normalized spacial score (nSPS) is 11.2. The fourth-order valence-corrected chi connectivity index (χ4v) is 4.72. The molecule has 1 N–H and O–H groups in total. The molecule has 0 aliphatic carbocycles. The SMILES string of the molecule is COc1ccc(C)cc1S(=O)(=O)N(CC(=O)Nc1ccc(F)c(F)c1)c1ccc(Cl)cc1. The monoisotopic (exact) mass is 480 g/mol. The van der Waals surface area contributed by atoms with Crippen LogP contribution in [0.2, 0.25) is 5.02 Å². The van der Waals surface area contributed by atoms with E-state index in [4.69, 9.17) is 16.3 Å². The number of methoxy groups -OCH3 is 1. The molecule has 3 aromatic rings. The number of hydrogen-bond acceptors (Lipinski definition) is 4. The van der Waals surface area contributed by atoms with E-state index in [-0.39, 0.29) is 22.0 Å². The quantitative estimate of drug-likeness (QED) is 0.528. The summed E-state index contributed by atoms with van der Waals surface area (Å²) in [6.45, 7) is 1.08. The lowest BCUT2D eigenvalue weighted by Gasteiger charge is -2.25. The number of aryl methyl sites for hydroxylation is 1. The summed E-state index contributed by atoms with van der Waals surface area (Å²) in [5, 5.41) is 2.76. The lowest BCUT2D eigenvalue weighted by atomic mass is 10.2. The number of rotatable bonds is 7. The molecule has 0 bridgehead atoms. The molecule has 6 nitrogen and oxygen atoms in total. The van der Waals surface area contributed by atoms with E-state index in [0.29, 0.717) is 10.6 Å². The molecular weight excluding hydrogens is 462 g/mol. The molecular formula is C22H19ClF2N2O4S. The van der Waals surface area contributed by atoms with Crippen molar-refractivity contribution in [3.63, 3.8) is 0 Å². The van der Waals surface area contributed by atoms with Gasteiger partial charge in [0.1, 0.15) is 17.2 Å².